The van der Waals surface area contributed by atoms with Gasteiger partial charge in [0.05, 0.1) is 7.11 Å². The van der Waals surface area contributed by atoms with Crippen molar-refractivity contribution in [1.82, 2.24) is 0 Å². The Morgan fingerprint density at radius 3 is 2.33 bits per heavy atom. The standard InChI is InChI=1S/C16H26F2O3/c1-5-6-7-8-9-14(10-12(2)15(20)21-4)11-16(17,18)13(3)19/h14H,2,5-11H2,1,3-4H3/t14-/m0/s1. The van der Waals surface area contributed by atoms with Crippen LogP contribution in [0, 0.1) is 5.92 Å². The average Bonchev–Trinajstić information content (AvgIpc) is 2.41. The Labute approximate surface area is 125 Å². The van der Waals surface area contributed by atoms with E-state index in [9.17, 15) is 18.4 Å². The van der Waals surface area contributed by atoms with Crippen molar-refractivity contribution in [2.24, 2.45) is 5.92 Å². The number of Topliss-reactive ketones (excluding diaryl/α,β-unsaturated/α-hetero) is 1. The molecule has 0 spiro atoms. The van der Waals surface area contributed by atoms with Crippen molar-refractivity contribution in [3.05, 3.63) is 12.2 Å². The van der Waals surface area contributed by atoms with E-state index < -0.39 is 30.0 Å². The molecule has 0 bridgehead atoms. The van der Waals surface area contributed by atoms with E-state index in [1.807, 2.05) is 0 Å². The Kier molecular flexibility index (Phi) is 9.06. The molecule has 0 amide bonds. The van der Waals surface area contributed by atoms with Crippen LogP contribution in [0.1, 0.15) is 58.8 Å². The molecule has 0 unspecified atom stereocenters. The van der Waals surface area contributed by atoms with Crippen LogP contribution in [-0.2, 0) is 14.3 Å². The predicted octanol–water partition coefficient (Wildman–Crippen LogP) is 4.31. The first-order chi connectivity index (χ1) is 9.74. The number of carbonyl (C=O) groups is 2. The van der Waals surface area contributed by atoms with Gasteiger partial charge in [-0.1, -0.05) is 39.2 Å². The smallest absolute Gasteiger partial charge is 0.333 e. The molecule has 3 nitrogen and oxygen atoms in total. The molecular weight excluding hydrogens is 278 g/mol. The van der Waals surface area contributed by atoms with Crippen molar-refractivity contribution in [3.8, 4) is 0 Å². The first-order valence-corrected chi connectivity index (χ1v) is 7.39. The molecule has 0 saturated heterocycles. The Bertz CT molecular complexity index is 365. The molecule has 0 aliphatic heterocycles. The largest absolute Gasteiger partial charge is 0.466 e. The van der Waals surface area contributed by atoms with Crippen molar-refractivity contribution < 1.29 is 23.1 Å². The lowest BCUT2D eigenvalue weighted by Crippen LogP contribution is -2.29. The third-order valence-electron chi connectivity index (χ3n) is 3.54. The number of hydrogen-bond donors (Lipinski definition) is 0. The van der Waals surface area contributed by atoms with Gasteiger partial charge in [0, 0.05) is 18.9 Å². The monoisotopic (exact) mass is 304 g/mol. The van der Waals surface area contributed by atoms with E-state index in [0.29, 0.717) is 6.42 Å². The van der Waals surface area contributed by atoms with Gasteiger partial charge < -0.3 is 4.74 Å². The van der Waals surface area contributed by atoms with Crippen LogP contribution in [0.25, 0.3) is 0 Å². The zero-order valence-corrected chi connectivity index (χ0v) is 13.2. The van der Waals surface area contributed by atoms with Gasteiger partial charge in [-0.05, 0) is 18.8 Å². The van der Waals surface area contributed by atoms with E-state index in [1.54, 1.807) is 0 Å². The van der Waals surface area contributed by atoms with Crippen molar-refractivity contribution in [2.45, 2.75) is 64.7 Å². The van der Waals surface area contributed by atoms with Crippen molar-refractivity contribution in [3.63, 3.8) is 0 Å². The van der Waals surface area contributed by atoms with Crippen molar-refractivity contribution in [2.75, 3.05) is 7.11 Å². The molecule has 0 fully saturated rings. The topological polar surface area (TPSA) is 43.4 Å². The van der Waals surface area contributed by atoms with Crippen LogP contribution >= 0.6 is 0 Å². The van der Waals surface area contributed by atoms with Gasteiger partial charge in [-0.3, -0.25) is 4.79 Å². The number of halogens is 2. The Hall–Kier alpha value is -1.26. The Morgan fingerprint density at radius 1 is 1.24 bits per heavy atom. The summed E-state index contributed by atoms with van der Waals surface area (Å²) in [6.45, 7) is 6.54. The van der Waals surface area contributed by atoms with Crippen LogP contribution in [-0.4, -0.2) is 24.8 Å². The van der Waals surface area contributed by atoms with Gasteiger partial charge in [-0.25, -0.2) is 4.79 Å². The van der Waals surface area contributed by atoms with Gasteiger partial charge in [0.2, 0.25) is 0 Å². The molecule has 21 heavy (non-hydrogen) atoms. The van der Waals surface area contributed by atoms with Gasteiger partial charge in [-0.15, -0.1) is 0 Å². The molecule has 0 heterocycles. The number of ether oxygens (including phenoxy) is 1. The lowest BCUT2D eigenvalue weighted by Gasteiger charge is -2.22. The van der Waals surface area contributed by atoms with Crippen LogP contribution in [0.4, 0.5) is 8.78 Å². The summed E-state index contributed by atoms with van der Waals surface area (Å²) < 4.78 is 31.8. The summed E-state index contributed by atoms with van der Waals surface area (Å²) in [7, 11) is 1.23. The number of unbranched alkanes of at least 4 members (excludes halogenated alkanes) is 3. The van der Waals surface area contributed by atoms with Crippen molar-refractivity contribution in [1.29, 1.82) is 0 Å². The van der Waals surface area contributed by atoms with Gasteiger partial charge in [-0.2, -0.15) is 8.78 Å². The molecule has 0 saturated carbocycles. The second-order valence-electron chi connectivity index (χ2n) is 5.48. The number of rotatable bonds is 11. The molecule has 0 aromatic rings. The highest BCUT2D eigenvalue weighted by molar-refractivity contribution is 5.87. The maximum Gasteiger partial charge on any atom is 0.333 e. The SMILES string of the molecule is C=C(C[C@H](CCCCCC)CC(F)(F)C(C)=O)C(=O)OC. The number of esters is 1. The van der Waals surface area contributed by atoms with Gasteiger partial charge in [0.1, 0.15) is 0 Å². The minimum absolute atomic E-state index is 0.141. The lowest BCUT2D eigenvalue weighted by molar-refractivity contribution is -0.143. The third kappa shape index (κ3) is 7.93. The van der Waals surface area contributed by atoms with Crippen LogP contribution in [0.3, 0.4) is 0 Å². The Balaban J connectivity index is 4.64. The molecule has 0 aromatic heterocycles. The number of alkyl halides is 2. The average molecular weight is 304 g/mol. The van der Waals surface area contributed by atoms with Crippen LogP contribution in [0.5, 0.6) is 0 Å². The van der Waals surface area contributed by atoms with E-state index in [1.165, 1.54) is 7.11 Å². The molecule has 0 aliphatic rings. The number of hydrogen-bond acceptors (Lipinski definition) is 3. The molecular formula is C16H26F2O3. The van der Waals surface area contributed by atoms with E-state index in [0.717, 1.165) is 32.6 Å². The maximum absolute atomic E-state index is 13.6. The zero-order valence-electron chi connectivity index (χ0n) is 13.2. The summed E-state index contributed by atoms with van der Waals surface area (Å²) >= 11 is 0. The lowest BCUT2D eigenvalue weighted by atomic mass is 9.88. The predicted molar refractivity (Wildman–Crippen MR) is 78.3 cm³/mol. The molecule has 1 atom stereocenters. The minimum atomic E-state index is -3.34. The van der Waals surface area contributed by atoms with E-state index in [2.05, 4.69) is 18.2 Å². The summed E-state index contributed by atoms with van der Waals surface area (Å²) in [6.07, 6.45) is 4.03. The number of carbonyl (C=O) groups excluding carboxylic acids is 2. The third-order valence-corrected chi connectivity index (χ3v) is 3.54. The highest BCUT2D eigenvalue weighted by atomic mass is 19.3. The van der Waals surface area contributed by atoms with Crippen LogP contribution < -0.4 is 0 Å². The van der Waals surface area contributed by atoms with E-state index in [-0.39, 0.29) is 12.0 Å². The fraction of sp³-hybridized carbons (Fsp3) is 0.750. The fourth-order valence-electron chi connectivity index (χ4n) is 2.22. The fourth-order valence-corrected chi connectivity index (χ4v) is 2.22. The molecule has 5 heteroatoms. The normalized spacial score (nSPS) is 12.8. The second kappa shape index (κ2) is 9.64. The summed E-state index contributed by atoms with van der Waals surface area (Å²) in [5, 5.41) is 0. The highest BCUT2D eigenvalue weighted by Crippen LogP contribution is 2.31. The molecule has 0 aromatic carbocycles. The minimum Gasteiger partial charge on any atom is -0.466 e. The van der Waals surface area contributed by atoms with Gasteiger partial charge in [0.15, 0.2) is 5.78 Å². The number of ketones is 1. The first kappa shape index (κ1) is 19.7. The van der Waals surface area contributed by atoms with Crippen LogP contribution in [0.15, 0.2) is 12.2 Å². The molecule has 0 N–H and O–H groups in total. The quantitative estimate of drug-likeness (QED) is 0.324. The number of methoxy groups -OCH3 is 1. The zero-order chi connectivity index (χ0) is 16.5. The molecule has 122 valence electrons. The first-order valence-electron chi connectivity index (χ1n) is 7.39. The second-order valence-corrected chi connectivity index (χ2v) is 5.48. The molecule has 0 aliphatic carbocycles. The maximum atomic E-state index is 13.6. The van der Waals surface area contributed by atoms with E-state index >= 15 is 0 Å². The van der Waals surface area contributed by atoms with Gasteiger partial charge >= 0.3 is 11.9 Å². The van der Waals surface area contributed by atoms with Crippen LogP contribution in [0.2, 0.25) is 0 Å². The summed E-state index contributed by atoms with van der Waals surface area (Å²) in [4.78, 5) is 22.3. The highest BCUT2D eigenvalue weighted by Gasteiger charge is 2.37. The summed E-state index contributed by atoms with van der Waals surface area (Å²) in [5.74, 6) is -5.50. The Morgan fingerprint density at radius 2 is 1.86 bits per heavy atom. The molecule has 0 radical (unpaired) electrons. The molecule has 0 rings (SSSR count). The summed E-state index contributed by atoms with van der Waals surface area (Å²) in [5.41, 5.74) is 0.178. The summed E-state index contributed by atoms with van der Waals surface area (Å²) in [6, 6.07) is 0. The van der Waals surface area contributed by atoms with E-state index in [4.69, 9.17) is 0 Å². The van der Waals surface area contributed by atoms with Gasteiger partial charge in [0.25, 0.3) is 0 Å². The van der Waals surface area contributed by atoms with Crippen molar-refractivity contribution >= 4 is 11.8 Å².